The second-order valence-electron chi connectivity index (χ2n) is 4.18. The van der Waals surface area contributed by atoms with E-state index in [1.807, 2.05) is 24.4 Å². The van der Waals surface area contributed by atoms with Crippen molar-refractivity contribution in [3.8, 4) is 0 Å². The van der Waals surface area contributed by atoms with E-state index in [-0.39, 0.29) is 0 Å². The van der Waals surface area contributed by atoms with E-state index in [1.54, 1.807) is 0 Å². The molecule has 2 heterocycles. The van der Waals surface area contributed by atoms with Crippen LogP contribution in [0.5, 0.6) is 0 Å². The third kappa shape index (κ3) is 4.81. The van der Waals surface area contributed by atoms with E-state index >= 15 is 0 Å². The molecule has 0 atom stereocenters. The fourth-order valence-electron chi connectivity index (χ4n) is 1.86. The fraction of sp³-hybridized carbons (Fsp3) is 0.615. The summed E-state index contributed by atoms with van der Waals surface area (Å²) in [6, 6.07) is 5.95. The maximum atomic E-state index is 5.76. The molecular weight excluding hydrogens is 216 g/mol. The quantitative estimate of drug-likeness (QED) is 0.758. The molecule has 0 spiro atoms. The molecule has 1 aliphatic rings. The largest absolute Gasteiger partial charge is 0.381 e. The maximum absolute atomic E-state index is 5.76. The second kappa shape index (κ2) is 7.37. The molecule has 0 bridgehead atoms. The summed E-state index contributed by atoms with van der Waals surface area (Å²) in [7, 11) is 0. The molecule has 2 rings (SSSR count). The van der Waals surface area contributed by atoms with Crippen LogP contribution in [-0.2, 0) is 16.0 Å². The van der Waals surface area contributed by atoms with Gasteiger partial charge in [-0.05, 0) is 25.0 Å². The lowest BCUT2D eigenvalue weighted by atomic mass is 10.2. The smallest absolute Gasteiger partial charge is 0.0619 e. The van der Waals surface area contributed by atoms with Crippen molar-refractivity contribution in [3.63, 3.8) is 0 Å². The molecule has 1 aromatic rings. The molecule has 0 unspecified atom stereocenters. The van der Waals surface area contributed by atoms with Gasteiger partial charge in [-0.3, -0.25) is 4.98 Å². The van der Waals surface area contributed by atoms with E-state index in [9.17, 15) is 0 Å². The standard InChI is InChI=1S/C13H20N2O2/c1-2-6-15-12(3-1)11-14-7-10-17-13-4-8-16-9-5-13/h1-3,6,13-14H,4-5,7-11H2. The Morgan fingerprint density at radius 1 is 1.35 bits per heavy atom. The highest BCUT2D eigenvalue weighted by Gasteiger charge is 2.13. The minimum Gasteiger partial charge on any atom is -0.381 e. The molecule has 0 saturated carbocycles. The number of hydrogen-bond acceptors (Lipinski definition) is 4. The first-order chi connectivity index (χ1) is 8.45. The van der Waals surface area contributed by atoms with Gasteiger partial charge in [0.1, 0.15) is 0 Å². The van der Waals surface area contributed by atoms with Crippen LogP contribution in [0, 0.1) is 0 Å². The number of aromatic nitrogens is 1. The SMILES string of the molecule is c1ccc(CNCCOC2CCOCC2)nc1. The van der Waals surface area contributed by atoms with Crippen molar-refractivity contribution in [1.29, 1.82) is 0 Å². The minimum absolute atomic E-state index is 0.389. The first-order valence-electron chi connectivity index (χ1n) is 6.25. The van der Waals surface area contributed by atoms with Gasteiger partial charge in [0.25, 0.3) is 0 Å². The highest BCUT2D eigenvalue weighted by Crippen LogP contribution is 2.09. The number of nitrogens with one attached hydrogen (secondary N) is 1. The molecule has 1 aliphatic heterocycles. The van der Waals surface area contributed by atoms with Gasteiger partial charge in [-0.15, -0.1) is 0 Å². The van der Waals surface area contributed by atoms with E-state index in [1.165, 1.54) is 0 Å². The van der Waals surface area contributed by atoms with Crippen molar-refractivity contribution in [2.75, 3.05) is 26.4 Å². The zero-order valence-corrected chi connectivity index (χ0v) is 10.1. The number of ether oxygens (including phenoxy) is 2. The average Bonchev–Trinajstić information content (AvgIpc) is 2.41. The molecule has 0 aliphatic carbocycles. The van der Waals surface area contributed by atoms with Crippen molar-refractivity contribution in [2.45, 2.75) is 25.5 Å². The van der Waals surface area contributed by atoms with Gasteiger partial charge >= 0.3 is 0 Å². The van der Waals surface area contributed by atoms with E-state index in [4.69, 9.17) is 9.47 Å². The van der Waals surface area contributed by atoms with Gasteiger partial charge in [0, 0.05) is 32.5 Å². The molecule has 0 aromatic carbocycles. The molecule has 1 saturated heterocycles. The second-order valence-corrected chi connectivity index (χ2v) is 4.18. The molecule has 94 valence electrons. The average molecular weight is 236 g/mol. The summed E-state index contributed by atoms with van der Waals surface area (Å²) in [5.41, 5.74) is 1.07. The van der Waals surface area contributed by atoms with Gasteiger partial charge in [-0.1, -0.05) is 6.07 Å². The summed E-state index contributed by atoms with van der Waals surface area (Å²) in [5, 5.41) is 3.32. The molecule has 4 nitrogen and oxygen atoms in total. The van der Waals surface area contributed by atoms with E-state index < -0.39 is 0 Å². The Morgan fingerprint density at radius 3 is 3.00 bits per heavy atom. The highest BCUT2D eigenvalue weighted by atomic mass is 16.5. The first kappa shape index (κ1) is 12.5. The molecule has 1 fully saturated rings. The molecule has 4 heteroatoms. The third-order valence-corrected chi connectivity index (χ3v) is 2.83. The number of pyridine rings is 1. The number of hydrogen-bond donors (Lipinski definition) is 1. The Labute approximate surface area is 102 Å². The van der Waals surface area contributed by atoms with E-state index in [2.05, 4.69) is 10.3 Å². The highest BCUT2D eigenvalue weighted by molar-refractivity contribution is 5.02. The summed E-state index contributed by atoms with van der Waals surface area (Å²) in [6.07, 6.45) is 4.26. The van der Waals surface area contributed by atoms with Crippen LogP contribution < -0.4 is 5.32 Å². The molecule has 17 heavy (non-hydrogen) atoms. The van der Waals surface area contributed by atoms with Crippen LogP contribution in [0.3, 0.4) is 0 Å². The summed E-state index contributed by atoms with van der Waals surface area (Å²) < 4.78 is 11.0. The monoisotopic (exact) mass is 236 g/mol. The lowest BCUT2D eigenvalue weighted by Crippen LogP contribution is -2.27. The summed E-state index contributed by atoms with van der Waals surface area (Å²) >= 11 is 0. The van der Waals surface area contributed by atoms with Crippen LogP contribution in [0.2, 0.25) is 0 Å². The van der Waals surface area contributed by atoms with Gasteiger partial charge < -0.3 is 14.8 Å². The van der Waals surface area contributed by atoms with Crippen LogP contribution in [0.15, 0.2) is 24.4 Å². The zero-order valence-electron chi connectivity index (χ0n) is 10.1. The Morgan fingerprint density at radius 2 is 2.24 bits per heavy atom. The van der Waals surface area contributed by atoms with Crippen LogP contribution in [-0.4, -0.2) is 37.5 Å². The lowest BCUT2D eigenvalue weighted by molar-refractivity contribution is -0.0305. The molecule has 1 aromatic heterocycles. The zero-order chi connectivity index (χ0) is 11.8. The van der Waals surface area contributed by atoms with E-state index in [0.717, 1.165) is 51.4 Å². The van der Waals surface area contributed by atoms with Crippen molar-refractivity contribution in [2.24, 2.45) is 0 Å². The van der Waals surface area contributed by atoms with Gasteiger partial charge in [0.2, 0.25) is 0 Å². The van der Waals surface area contributed by atoms with Crippen LogP contribution in [0.25, 0.3) is 0 Å². The number of nitrogens with zero attached hydrogens (tertiary/aromatic N) is 1. The van der Waals surface area contributed by atoms with Gasteiger partial charge in [0.15, 0.2) is 0 Å². The number of rotatable bonds is 6. The summed E-state index contributed by atoms with van der Waals surface area (Å²) in [4.78, 5) is 4.25. The van der Waals surface area contributed by atoms with Crippen LogP contribution in [0.4, 0.5) is 0 Å². The van der Waals surface area contributed by atoms with Crippen molar-refractivity contribution >= 4 is 0 Å². The predicted octanol–water partition coefficient (Wildman–Crippen LogP) is 1.37. The van der Waals surface area contributed by atoms with E-state index in [0.29, 0.717) is 6.10 Å². The normalized spacial score (nSPS) is 17.2. The summed E-state index contributed by atoms with van der Waals surface area (Å²) in [5.74, 6) is 0. The fourth-order valence-corrected chi connectivity index (χ4v) is 1.86. The predicted molar refractivity (Wildman–Crippen MR) is 65.7 cm³/mol. The summed E-state index contributed by atoms with van der Waals surface area (Å²) in [6.45, 7) is 4.11. The van der Waals surface area contributed by atoms with Crippen LogP contribution >= 0.6 is 0 Å². The third-order valence-electron chi connectivity index (χ3n) is 2.83. The molecular formula is C13H20N2O2. The Bertz CT molecular complexity index is 300. The molecule has 0 amide bonds. The Hall–Kier alpha value is -0.970. The molecule has 0 radical (unpaired) electrons. The van der Waals surface area contributed by atoms with Gasteiger partial charge in [0.05, 0.1) is 18.4 Å². The van der Waals surface area contributed by atoms with Crippen LogP contribution in [0.1, 0.15) is 18.5 Å². The van der Waals surface area contributed by atoms with Crippen molar-refractivity contribution in [3.05, 3.63) is 30.1 Å². The Kier molecular flexibility index (Phi) is 5.42. The minimum atomic E-state index is 0.389. The maximum Gasteiger partial charge on any atom is 0.0619 e. The lowest BCUT2D eigenvalue weighted by Gasteiger charge is -2.22. The topological polar surface area (TPSA) is 43.4 Å². The van der Waals surface area contributed by atoms with Gasteiger partial charge in [-0.25, -0.2) is 0 Å². The first-order valence-corrected chi connectivity index (χ1v) is 6.25. The van der Waals surface area contributed by atoms with Crippen molar-refractivity contribution in [1.82, 2.24) is 10.3 Å². The van der Waals surface area contributed by atoms with Crippen molar-refractivity contribution < 1.29 is 9.47 Å². The van der Waals surface area contributed by atoms with Gasteiger partial charge in [-0.2, -0.15) is 0 Å². The molecule has 1 N–H and O–H groups in total. The Balaban J connectivity index is 1.51.